The van der Waals surface area contributed by atoms with Crippen LogP contribution in [0, 0.1) is 11.7 Å². The average molecular weight is 326 g/mol. The van der Waals surface area contributed by atoms with Crippen molar-refractivity contribution in [3.8, 4) is 0 Å². The molecular formula is C14H17BrFN3. The molecule has 2 N–H and O–H groups in total. The maximum atomic E-state index is 13.5. The summed E-state index contributed by atoms with van der Waals surface area (Å²) in [6.45, 7) is 3.26. The van der Waals surface area contributed by atoms with Gasteiger partial charge in [0, 0.05) is 6.07 Å². The van der Waals surface area contributed by atoms with Crippen LogP contribution in [0.1, 0.15) is 38.1 Å². The first-order chi connectivity index (χ1) is 9.17. The zero-order valence-electron chi connectivity index (χ0n) is 10.8. The largest absolute Gasteiger partial charge is 0.341 e. The van der Waals surface area contributed by atoms with Crippen molar-refractivity contribution >= 4 is 27.0 Å². The molecule has 19 heavy (non-hydrogen) atoms. The maximum Gasteiger partial charge on any atom is 0.139 e. The van der Waals surface area contributed by atoms with E-state index in [-0.39, 0.29) is 11.9 Å². The van der Waals surface area contributed by atoms with Crippen LogP contribution in [0.25, 0.3) is 11.0 Å². The van der Waals surface area contributed by atoms with Crippen LogP contribution < -0.4 is 5.32 Å². The lowest BCUT2D eigenvalue weighted by atomic mass is 9.90. The summed E-state index contributed by atoms with van der Waals surface area (Å²) in [6.07, 6.45) is 3.53. The zero-order chi connectivity index (χ0) is 13.4. The summed E-state index contributed by atoms with van der Waals surface area (Å²) in [4.78, 5) is 7.84. The van der Waals surface area contributed by atoms with Gasteiger partial charge in [-0.25, -0.2) is 9.37 Å². The van der Waals surface area contributed by atoms with Gasteiger partial charge in [0.2, 0.25) is 0 Å². The number of rotatable bonds is 2. The van der Waals surface area contributed by atoms with Crippen molar-refractivity contribution in [2.24, 2.45) is 5.92 Å². The molecule has 0 amide bonds. The van der Waals surface area contributed by atoms with Gasteiger partial charge >= 0.3 is 0 Å². The van der Waals surface area contributed by atoms with E-state index in [4.69, 9.17) is 0 Å². The standard InChI is InChI=1S/C14H17BrFN3/c1-2-8-3-4-17-13(5-8)14-18-11-6-9(15)10(16)7-12(11)19-14/h6-8,13,17H,2-5H2,1H3,(H,18,19). The molecule has 2 aromatic rings. The van der Waals surface area contributed by atoms with Gasteiger partial charge in [0.05, 0.1) is 21.5 Å². The molecule has 2 heterocycles. The Balaban J connectivity index is 1.92. The summed E-state index contributed by atoms with van der Waals surface area (Å²) in [5, 5.41) is 3.49. The van der Waals surface area contributed by atoms with Gasteiger partial charge in [0.15, 0.2) is 0 Å². The summed E-state index contributed by atoms with van der Waals surface area (Å²) in [6, 6.07) is 3.48. The second-order valence-electron chi connectivity index (χ2n) is 5.21. The molecule has 0 bridgehead atoms. The molecule has 1 saturated heterocycles. The molecule has 3 rings (SSSR count). The van der Waals surface area contributed by atoms with Crippen LogP contribution in [0.2, 0.25) is 0 Å². The Kier molecular flexibility index (Phi) is 3.58. The van der Waals surface area contributed by atoms with Gasteiger partial charge in [-0.1, -0.05) is 13.3 Å². The lowest BCUT2D eigenvalue weighted by molar-refractivity contribution is 0.292. The fourth-order valence-electron chi connectivity index (χ4n) is 2.76. The Labute approximate surface area is 120 Å². The topological polar surface area (TPSA) is 40.7 Å². The highest BCUT2D eigenvalue weighted by atomic mass is 79.9. The monoisotopic (exact) mass is 325 g/mol. The third-order valence-electron chi connectivity index (χ3n) is 3.96. The van der Waals surface area contributed by atoms with E-state index in [1.807, 2.05) is 0 Å². The van der Waals surface area contributed by atoms with Gasteiger partial charge in [-0.3, -0.25) is 0 Å². The first kappa shape index (κ1) is 13.1. The Morgan fingerprint density at radius 3 is 3.11 bits per heavy atom. The number of H-pyrrole nitrogens is 1. The molecule has 1 fully saturated rings. The lowest BCUT2D eigenvalue weighted by Crippen LogP contribution is -2.32. The van der Waals surface area contributed by atoms with Crippen molar-refractivity contribution in [2.45, 2.75) is 32.2 Å². The van der Waals surface area contributed by atoms with Crippen molar-refractivity contribution in [2.75, 3.05) is 6.54 Å². The lowest BCUT2D eigenvalue weighted by Gasteiger charge is -2.28. The average Bonchev–Trinajstić information content (AvgIpc) is 2.82. The summed E-state index contributed by atoms with van der Waals surface area (Å²) in [7, 11) is 0. The summed E-state index contributed by atoms with van der Waals surface area (Å²) < 4.78 is 14.0. The van der Waals surface area contributed by atoms with Crippen molar-refractivity contribution < 1.29 is 4.39 Å². The summed E-state index contributed by atoms with van der Waals surface area (Å²) >= 11 is 3.20. The van der Waals surface area contributed by atoms with E-state index in [0.717, 1.165) is 35.7 Å². The summed E-state index contributed by atoms with van der Waals surface area (Å²) in [5.41, 5.74) is 1.57. The highest BCUT2D eigenvalue weighted by Crippen LogP contribution is 2.29. The number of hydrogen-bond donors (Lipinski definition) is 2. The molecule has 1 aromatic carbocycles. The highest BCUT2D eigenvalue weighted by molar-refractivity contribution is 9.10. The van der Waals surface area contributed by atoms with Crippen LogP contribution in [0.4, 0.5) is 4.39 Å². The van der Waals surface area contributed by atoms with E-state index < -0.39 is 0 Å². The number of hydrogen-bond acceptors (Lipinski definition) is 2. The van der Waals surface area contributed by atoms with Gasteiger partial charge in [-0.2, -0.15) is 0 Å². The van der Waals surface area contributed by atoms with E-state index in [1.54, 1.807) is 6.07 Å². The first-order valence-corrected chi connectivity index (χ1v) is 7.54. The molecular weight excluding hydrogens is 309 g/mol. The molecule has 102 valence electrons. The molecule has 2 unspecified atom stereocenters. The third kappa shape index (κ3) is 2.54. The minimum atomic E-state index is -0.259. The molecule has 0 saturated carbocycles. The summed E-state index contributed by atoms with van der Waals surface area (Å²) in [5.74, 6) is 1.42. The molecule has 0 radical (unpaired) electrons. The molecule has 0 aliphatic carbocycles. The number of nitrogens with zero attached hydrogens (tertiary/aromatic N) is 1. The number of piperidine rings is 1. The molecule has 3 nitrogen and oxygen atoms in total. The normalized spacial score (nSPS) is 23.9. The van der Waals surface area contributed by atoms with E-state index in [0.29, 0.717) is 4.47 Å². The molecule has 1 aromatic heterocycles. The van der Waals surface area contributed by atoms with E-state index in [9.17, 15) is 4.39 Å². The zero-order valence-corrected chi connectivity index (χ0v) is 12.4. The third-order valence-corrected chi connectivity index (χ3v) is 4.57. The highest BCUT2D eigenvalue weighted by Gasteiger charge is 2.24. The molecule has 1 aliphatic heterocycles. The molecule has 5 heteroatoms. The van der Waals surface area contributed by atoms with E-state index in [1.165, 1.54) is 18.9 Å². The van der Waals surface area contributed by atoms with Crippen molar-refractivity contribution in [3.63, 3.8) is 0 Å². The Bertz CT molecular complexity index is 557. The van der Waals surface area contributed by atoms with Crippen LogP contribution in [0.3, 0.4) is 0 Å². The van der Waals surface area contributed by atoms with Crippen LogP contribution in [0.15, 0.2) is 16.6 Å². The smallest absolute Gasteiger partial charge is 0.139 e. The number of nitrogens with one attached hydrogen (secondary N) is 2. The van der Waals surface area contributed by atoms with Gasteiger partial charge in [0.25, 0.3) is 0 Å². The van der Waals surface area contributed by atoms with E-state index >= 15 is 0 Å². The van der Waals surface area contributed by atoms with Gasteiger partial charge in [0.1, 0.15) is 11.6 Å². The maximum absolute atomic E-state index is 13.5. The second-order valence-corrected chi connectivity index (χ2v) is 6.07. The number of fused-ring (bicyclic) bond motifs is 1. The quantitative estimate of drug-likeness (QED) is 0.878. The molecule has 1 aliphatic rings. The van der Waals surface area contributed by atoms with Gasteiger partial charge in [-0.05, 0) is 47.3 Å². The fraction of sp³-hybridized carbons (Fsp3) is 0.500. The van der Waals surface area contributed by atoms with Crippen molar-refractivity contribution in [1.82, 2.24) is 15.3 Å². The predicted molar refractivity (Wildman–Crippen MR) is 77.5 cm³/mol. The van der Waals surface area contributed by atoms with Crippen molar-refractivity contribution in [1.29, 1.82) is 0 Å². The van der Waals surface area contributed by atoms with Crippen molar-refractivity contribution in [3.05, 3.63) is 28.2 Å². The van der Waals surface area contributed by atoms with Crippen LogP contribution in [-0.2, 0) is 0 Å². The number of aromatic nitrogens is 2. The van der Waals surface area contributed by atoms with E-state index in [2.05, 4.69) is 38.1 Å². The predicted octanol–water partition coefficient (Wildman–Crippen LogP) is 3.92. The van der Waals surface area contributed by atoms with Crippen LogP contribution in [0.5, 0.6) is 0 Å². The van der Waals surface area contributed by atoms with Crippen LogP contribution in [-0.4, -0.2) is 16.5 Å². The number of halogens is 2. The second kappa shape index (κ2) is 5.21. The Morgan fingerprint density at radius 1 is 1.47 bits per heavy atom. The number of aromatic amines is 1. The number of imidazole rings is 1. The van der Waals surface area contributed by atoms with Gasteiger partial charge in [-0.15, -0.1) is 0 Å². The molecule has 0 spiro atoms. The minimum absolute atomic E-state index is 0.257. The van der Waals surface area contributed by atoms with Gasteiger partial charge < -0.3 is 10.3 Å². The first-order valence-electron chi connectivity index (χ1n) is 6.75. The fourth-order valence-corrected chi connectivity index (χ4v) is 3.10. The van der Waals surface area contributed by atoms with Crippen LogP contribution >= 0.6 is 15.9 Å². The Morgan fingerprint density at radius 2 is 2.32 bits per heavy atom. The Hall–Kier alpha value is -0.940. The minimum Gasteiger partial charge on any atom is -0.341 e. The molecule has 2 atom stereocenters. The SMILES string of the molecule is CCC1CCNC(c2nc3cc(Br)c(F)cc3[nH]2)C1. The number of benzene rings is 1.